The fraction of sp³-hybridized carbons (Fsp3) is 0.263. The van der Waals surface area contributed by atoms with Crippen molar-refractivity contribution < 1.29 is 34.8 Å². The van der Waals surface area contributed by atoms with Crippen molar-refractivity contribution in [2.45, 2.75) is 11.8 Å². The van der Waals surface area contributed by atoms with Crippen molar-refractivity contribution in [3.63, 3.8) is 0 Å². The SMILES string of the molecule is COc1cc([C@H]2[C@H](C(=O)O)[C@H](C(=O)O)[C@H]2c2ccc(O)cc2)ccc1O. The number of aliphatic carboxylic acids is 2. The van der Waals surface area contributed by atoms with Crippen molar-refractivity contribution in [1.29, 1.82) is 0 Å². The van der Waals surface area contributed by atoms with Crippen molar-refractivity contribution in [2.75, 3.05) is 7.11 Å². The summed E-state index contributed by atoms with van der Waals surface area (Å²) in [6, 6.07) is 10.6. The number of rotatable bonds is 5. The van der Waals surface area contributed by atoms with Gasteiger partial charge in [0.1, 0.15) is 5.75 Å². The molecule has 3 rings (SSSR count). The van der Waals surface area contributed by atoms with E-state index in [1.807, 2.05) is 0 Å². The molecule has 0 saturated heterocycles. The van der Waals surface area contributed by atoms with Crippen molar-refractivity contribution >= 4 is 11.9 Å². The smallest absolute Gasteiger partial charge is 0.308 e. The van der Waals surface area contributed by atoms with E-state index in [-0.39, 0.29) is 17.2 Å². The average Bonchev–Trinajstić information content (AvgIpc) is 2.56. The van der Waals surface area contributed by atoms with Gasteiger partial charge in [-0.05, 0) is 35.4 Å². The standard InChI is InChI=1S/C19H18O7/c1-26-13-8-10(4-7-12(13)21)15-14(9-2-5-11(20)6-3-9)16(18(22)23)17(15)19(24)25/h2-8,14-17,20-21H,1H3,(H,22,23)(H,24,25)/t14-,15+,16+,17-/m0/s1. The van der Waals surface area contributed by atoms with Gasteiger partial charge in [0, 0.05) is 11.8 Å². The molecule has 1 saturated carbocycles. The quantitative estimate of drug-likeness (QED) is 0.647. The van der Waals surface area contributed by atoms with E-state index in [1.165, 1.54) is 31.4 Å². The summed E-state index contributed by atoms with van der Waals surface area (Å²) >= 11 is 0. The van der Waals surface area contributed by atoms with Gasteiger partial charge in [0.2, 0.25) is 0 Å². The molecule has 0 heterocycles. The van der Waals surface area contributed by atoms with Crippen LogP contribution in [0.5, 0.6) is 17.2 Å². The number of methoxy groups -OCH3 is 1. The summed E-state index contributed by atoms with van der Waals surface area (Å²) in [4.78, 5) is 23.5. The third kappa shape index (κ3) is 2.81. The Balaban J connectivity index is 2.10. The Morgan fingerprint density at radius 3 is 1.85 bits per heavy atom. The summed E-state index contributed by atoms with van der Waals surface area (Å²) in [6.07, 6.45) is 0. The zero-order valence-corrected chi connectivity index (χ0v) is 13.9. The Kier molecular flexibility index (Phi) is 4.46. The van der Waals surface area contributed by atoms with E-state index in [0.29, 0.717) is 11.1 Å². The zero-order chi connectivity index (χ0) is 19.0. The van der Waals surface area contributed by atoms with E-state index in [9.17, 15) is 30.0 Å². The summed E-state index contributed by atoms with van der Waals surface area (Å²) in [5.41, 5.74) is 1.20. The third-order valence-corrected chi connectivity index (χ3v) is 4.98. The molecule has 4 N–H and O–H groups in total. The number of phenolic OH excluding ortho intramolecular Hbond substituents is 2. The van der Waals surface area contributed by atoms with Crippen molar-refractivity contribution in [3.05, 3.63) is 53.6 Å². The first kappa shape index (κ1) is 17.6. The Labute approximate surface area is 149 Å². The second kappa shape index (κ2) is 6.59. The van der Waals surface area contributed by atoms with Gasteiger partial charge in [0.15, 0.2) is 11.5 Å². The maximum Gasteiger partial charge on any atom is 0.308 e. The van der Waals surface area contributed by atoms with Crippen LogP contribution >= 0.6 is 0 Å². The van der Waals surface area contributed by atoms with E-state index in [0.717, 1.165) is 0 Å². The lowest BCUT2D eigenvalue weighted by molar-refractivity contribution is -0.164. The van der Waals surface area contributed by atoms with Crippen LogP contribution in [-0.2, 0) is 9.59 Å². The molecule has 2 aromatic rings. The summed E-state index contributed by atoms with van der Waals surface area (Å²) in [6.45, 7) is 0. The monoisotopic (exact) mass is 358 g/mol. The van der Waals surface area contributed by atoms with Crippen LogP contribution in [0.2, 0.25) is 0 Å². The summed E-state index contributed by atoms with van der Waals surface area (Å²) in [5.74, 6) is -5.62. The predicted octanol–water partition coefficient (Wildman–Crippen LogP) is 2.39. The summed E-state index contributed by atoms with van der Waals surface area (Å²) < 4.78 is 5.08. The maximum atomic E-state index is 11.7. The molecule has 1 aliphatic carbocycles. The first-order chi connectivity index (χ1) is 12.3. The van der Waals surface area contributed by atoms with Crippen LogP contribution in [0.1, 0.15) is 23.0 Å². The van der Waals surface area contributed by atoms with Crippen molar-refractivity contribution in [1.82, 2.24) is 0 Å². The Morgan fingerprint density at radius 1 is 0.846 bits per heavy atom. The van der Waals surface area contributed by atoms with Crippen LogP contribution in [0.25, 0.3) is 0 Å². The molecule has 0 spiro atoms. The molecule has 2 aromatic carbocycles. The molecule has 0 bridgehead atoms. The average molecular weight is 358 g/mol. The van der Waals surface area contributed by atoms with Crippen molar-refractivity contribution in [2.24, 2.45) is 11.8 Å². The van der Waals surface area contributed by atoms with Gasteiger partial charge < -0.3 is 25.2 Å². The van der Waals surface area contributed by atoms with Crippen LogP contribution in [-0.4, -0.2) is 39.5 Å². The second-order valence-electron chi connectivity index (χ2n) is 6.30. The predicted molar refractivity (Wildman–Crippen MR) is 90.5 cm³/mol. The van der Waals surface area contributed by atoms with Gasteiger partial charge in [-0.1, -0.05) is 18.2 Å². The van der Waals surface area contributed by atoms with Gasteiger partial charge in [-0.3, -0.25) is 9.59 Å². The molecule has 0 unspecified atom stereocenters. The van der Waals surface area contributed by atoms with Gasteiger partial charge >= 0.3 is 11.9 Å². The Morgan fingerprint density at radius 2 is 1.35 bits per heavy atom. The molecule has 7 nitrogen and oxygen atoms in total. The number of hydrogen-bond donors (Lipinski definition) is 4. The Hall–Kier alpha value is -3.22. The first-order valence-corrected chi connectivity index (χ1v) is 7.96. The Bertz CT molecular complexity index is 843. The molecule has 0 aliphatic heterocycles. The number of ether oxygens (including phenoxy) is 1. The van der Waals surface area contributed by atoms with Crippen LogP contribution in [0.4, 0.5) is 0 Å². The molecule has 7 heteroatoms. The summed E-state index contributed by atoms with van der Waals surface area (Å²) in [5, 5.41) is 38.4. The summed E-state index contributed by atoms with van der Waals surface area (Å²) in [7, 11) is 1.38. The zero-order valence-electron chi connectivity index (χ0n) is 13.9. The van der Waals surface area contributed by atoms with Crippen LogP contribution in [0.3, 0.4) is 0 Å². The van der Waals surface area contributed by atoms with E-state index in [2.05, 4.69) is 0 Å². The lowest BCUT2D eigenvalue weighted by atomic mass is 9.52. The van der Waals surface area contributed by atoms with Crippen LogP contribution in [0.15, 0.2) is 42.5 Å². The number of carboxylic acid groups (broad SMARTS) is 2. The molecule has 26 heavy (non-hydrogen) atoms. The molecular weight excluding hydrogens is 340 g/mol. The number of carbonyl (C=O) groups is 2. The number of hydrogen-bond acceptors (Lipinski definition) is 5. The highest BCUT2D eigenvalue weighted by Crippen LogP contribution is 2.58. The van der Waals surface area contributed by atoms with Gasteiger partial charge in [-0.15, -0.1) is 0 Å². The molecule has 1 fully saturated rings. The fourth-order valence-electron chi connectivity index (χ4n) is 3.79. The number of aromatic hydroxyl groups is 2. The number of carboxylic acids is 2. The fourth-order valence-corrected chi connectivity index (χ4v) is 3.79. The van der Waals surface area contributed by atoms with E-state index in [4.69, 9.17) is 4.74 Å². The topological polar surface area (TPSA) is 124 Å². The highest BCUT2D eigenvalue weighted by molar-refractivity contribution is 5.85. The first-order valence-electron chi connectivity index (χ1n) is 7.96. The third-order valence-electron chi connectivity index (χ3n) is 4.98. The maximum absolute atomic E-state index is 11.7. The van der Waals surface area contributed by atoms with Gasteiger partial charge in [0.05, 0.1) is 18.9 Å². The lowest BCUT2D eigenvalue weighted by Gasteiger charge is -2.48. The molecular formula is C19H18O7. The highest BCUT2D eigenvalue weighted by atomic mass is 16.5. The van der Waals surface area contributed by atoms with Gasteiger partial charge in [-0.25, -0.2) is 0 Å². The van der Waals surface area contributed by atoms with Gasteiger partial charge in [-0.2, -0.15) is 0 Å². The highest BCUT2D eigenvalue weighted by Gasteiger charge is 2.58. The molecule has 4 atom stereocenters. The van der Waals surface area contributed by atoms with E-state index in [1.54, 1.807) is 18.2 Å². The van der Waals surface area contributed by atoms with E-state index < -0.39 is 35.6 Å². The molecule has 0 aromatic heterocycles. The molecule has 136 valence electrons. The minimum atomic E-state index is -1.19. The molecule has 0 amide bonds. The number of benzene rings is 2. The largest absolute Gasteiger partial charge is 0.508 e. The minimum Gasteiger partial charge on any atom is -0.508 e. The number of phenols is 2. The molecule has 0 radical (unpaired) electrons. The van der Waals surface area contributed by atoms with Crippen LogP contribution in [0, 0.1) is 11.8 Å². The van der Waals surface area contributed by atoms with E-state index >= 15 is 0 Å². The van der Waals surface area contributed by atoms with Crippen LogP contribution < -0.4 is 4.74 Å². The lowest BCUT2D eigenvalue weighted by Crippen LogP contribution is -2.51. The second-order valence-corrected chi connectivity index (χ2v) is 6.30. The molecule has 1 aliphatic rings. The van der Waals surface area contributed by atoms with Crippen molar-refractivity contribution in [3.8, 4) is 17.2 Å². The minimum absolute atomic E-state index is 0.0394. The normalized spacial score (nSPS) is 24.5. The van der Waals surface area contributed by atoms with Gasteiger partial charge in [0.25, 0.3) is 0 Å².